The lowest BCUT2D eigenvalue weighted by atomic mass is 10.1. The van der Waals surface area contributed by atoms with Crippen LogP contribution < -0.4 is 16.6 Å². The van der Waals surface area contributed by atoms with Crippen molar-refractivity contribution in [3.63, 3.8) is 0 Å². The number of carbonyl (C=O) groups excluding carboxylic acids is 1. The molecule has 0 heterocycles. The number of hydrogen-bond acceptors (Lipinski definition) is 3. The van der Waals surface area contributed by atoms with Gasteiger partial charge in [0.05, 0.1) is 0 Å². The van der Waals surface area contributed by atoms with Gasteiger partial charge < -0.3 is 5.32 Å². The number of thioether (sulfide) groups is 1. The molecule has 4 nitrogen and oxygen atoms in total. The maximum absolute atomic E-state index is 11.2. The van der Waals surface area contributed by atoms with Gasteiger partial charge in [0.1, 0.15) is 0 Å². The molecule has 0 saturated heterocycles. The summed E-state index contributed by atoms with van der Waals surface area (Å²) in [5.41, 5.74) is 2.13. The molecule has 0 aromatic carbocycles. The number of unbranched alkanes of at least 4 members (excludes halogenated alkanes) is 11. The highest BCUT2D eigenvalue weighted by Gasteiger charge is 2.10. The minimum absolute atomic E-state index is 0.278. The Hall–Kier alpha value is -0.420. The molecule has 2 amide bonds. The summed E-state index contributed by atoms with van der Waals surface area (Å²) in [5.74, 6) is 6.37. The third-order valence-electron chi connectivity index (χ3n) is 4.86. The zero-order chi connectivity index (χ0) is 19.3. The summed E-state index contributed by atoms with van der Waals surface area (Å²) in [4.78, 5) is 11.2. The highest BCUT2D eigenvalue weighted by Crippen LogP contribution is 2.23. The van der Waals surface area contributed by atoms with Gasteiger partial charge in [0.2, 0.25) is 0 Å². The second-order valence-corrected chi connectivity index (χ2v) is 8.77. The average molecular weight is 388 g/mol. The van der Waals surface area contributed by atoms with Crippen molar-refractivity contribution in [3.8, 4) is 0 Å². The topological polar surface area (TPSA) is 67.2 Å². The molecule has 1 unspecified atom stereocenters. The quantitative estimate of drug-likeness (QED) is 0.108. The van der Waals surface area contributed by atoms with Gasteiger partial charge in [-0.2, -0.15) is 11.8 Å². The molecule has 0 aromatic heterocycles. The van der Waals surface area contributed by atoms with Gasteiger partial charge in [-0.15, -0.1) is 0 Å². The van der Waals surface area contributed by atoms with Crippen molar-refractivity contribution in [1.29, 1.82) is 0 Å². The fraction of sp³-hybridized carbons (Fsp3) is 0.952. The van der Waals surface area contributed by atoms with Crippen LogP contribution in [0.25, 0.3) is 0 Å². The first-order valence-corrected chi connectivity index (χ1v) is 12.2. The molecule has 1 atom stereocenters. The smallest absolute Gasteiger partial charge is 0.328 e. The van der Waals surface area contributed by atoms with Crippen LogP contribution in [0.3, 0.4) is 0 Å². The summed E-state index contributed by atoms with van der Waals surface area (Å²) in [7, 11) is 0. The fourth-order valence-electron chi connectivity index (χ4n) is 3.17. The molecule has 0 bridgehead atoms. The predicted octanol–water partition coefficient (Wildman–Crippen LogP) is 6.15. The Bertz CT molecular complexity index is 303. The number of rotatable bonds is 19. The van der Waals surface area contributed by atoms with Gasteiger partial charge in [-0.3, -0.25) is 5.43 Å². The average Bonchev–Trinajstić information content (AvgIpc) is 2.65. The van der Waals surface area contributed by atoms with Crippen LogP contribution >= 0.6 is 11.8 Å². The van der Waals surface area contributed by atoms with Crippen molar-refractivity contribution in [3.05, 3.63) is 0 Å². The van der Waals surface area contributed by atoms with E-state index in [4.69, 9.17) is 5.84 Å². The SMILES string of the molecule is CCCCCCCCCCSC(CCCCCCC)CCNC(=O)NN. The predicted molar refractivity (Wildman–Crippen MR) is 118 cm³/mol. The Kier molecular flexibility index (Phi) is 20.5. The highest BCUT2D eigenvalue weighted by atomic mass is 32.2. The summed E-state index contributed by atoms with van der Waals surface area (Å²) in [6.07, 6.45) is 20.1. The number of amides is 2. The maximum atomic E-state index is 11.2. The van der Waals surface area contributed by atoms with E-state index in [1.54, 1.807) is 0 Å². The first-order chi connectivity index (χ1) is 12.7. The summed E-state index contributed by atoms with van der Waals surface area (Å²) in [6, 6.07) is -0.278. The van der Waals surface area contributed by atoms with Crippen LogP contribution in [0.2, 0.25) is 0 Å². The summed E-state index contributed by atoms with van der Waals surface area (Å²) < 4.78 is 0. The van der Waals surface area contributed by atoms with Gasteiger partial charge in [-0.25, -0.2) is 10.6 Å². The lowest BCUT2D eigenvalue weighted by molar-refractivity contribution is 0.241. The molecule has 0 aliphatic heterocycles. The zero-order valence-electron chi connectivity index (χ0n) is 17.5. The third-order valence-corrected chi connectivity index (χ3v) is 6.33. The number of carbonyl (C=O) groups is 1. The summed E-state index contributed by atoms with van der Waals surface area (Å²) in [6.45, 7) is 5.25. The first kappa shape index (κ1) is 25.6. The summed E-state index contributed by atoms with van der Waals surface area (Å²) >= 11 is 2.11. The fourth-order valence-corrected chi connectivity index (χ4v) is 4.49. The van der Waals surface area contributed by atoms with E-state index < -0.39 is 0 Å². The highest BCUT2D eigenvalue weighted by molar-refractivity contribution is 7.99. The standard InChI is InChI=1S/C21H45N3OS/c1-3-5-7-9-10-11-13-15-19-26-20(16-14-12-8-6-4-2)17-18-23-21(25)24-22/h20H,3-19,22H2,1-2H3,(H2,23,24,25). The molecule has 0 aromatic rings. The molecule has 5 heteroatoms. The Morgan fingerprint density at radius 1 is 0.808 bits per heavy atom. The number of hydrogen-bond donors (Lipinski definition) is 3. The van der Waals surface area contributed by atoms with Crippen LogP contribution in [0, 0.1) is 0 Å². The number of nitrogens with two attached hydrogens (primary N) is 1. The van der Waals surface area contributed by atoms with E-state index in [1.807, 2.05) is 0 Å². The van der Waals surface area contributed by atoms with Crippen LogP contribution in [-0.2, 0) is 0 Å². The van der Waals surface area contributed by atoms with Crippen molar-refractivity contribution < 1.29 is 4.79 Å². The Morgan fingerprint density at radius 2 is 1.35 bits per heavy atom. The van der Waals surface area contributed by atoms with Gasteiger partial charge in [-0.1, -0.05) is 90.9 Å². The van der Waals surface area contributed by atoms with E-state index in [9.17, 15) is 4.79 Å². The van der Waals surface area contributed by atoms with E-state index in [-0.39, 0.29) is 6.03 Å². The van der Waals surface area contributed by atoms with Crippen LogP contribution in [0.1, 0.15) is 110 Å². The van der Waals surface area contributed by atoms with Crippen LogP contribution in [-0.4, -0.2) is 23.6 Å². The van der Waals surface area contributed by atoms with Crippen molar-refractivity contribution in [1.82, 2.24) is 10.7 Å². The van der Waals surface area contributed by atoms with Crippen molar-refractivity contribution in [2.24, 2.45) is 5.84 Å². The molecule has 0 rings (SSSR count). The van der Waals surface area contributed by atoms with Gasteiger partial charge in [0, 0.05) is 11.8 Å². The second kappa shape index (κ2) is 20.9. The van der Waals surface area contributed by atoms with Gasteiger partial charge >= 0.3 is 6.03 Å². The van der Waals surface area contributed by atoms with E-state index in [1.165, 1.54) is 95.6 Å². The molecule has 0 aliphatic rings. The molecule has 0 radical (unpaired) electrons. The third kappa shape index (κ3) is 18.4. The molecule has 26 heavy (non-hydrogen) atoms. The molecule has 0 spiro atoms. The Morgan fingerprint density at radius 3 is 1.92 bits per heavy atom. The van der Waals surface area contributed by atoms with Crippen molar-refractivity contribution >= 4 is 17.8 Å². The second-order valence-electron chi connectivity index (χ2n) is 7.36. The molecular formula is C21H45N3OS. The van der Waals surface area contributed by atoms with Crippen LogP contribution in [0.15, 0.2) is 0 Å². The van der Waals surface area contributed by atoms with E-state index in [0.29, 0.717) is 11.8 Å². The molecule has 0 saturated carbocycles. The lowest BCUT2D eigenvalue weighted by Crippen LogP contribution is -2.40. The molecule has 0 fully saturated rings. The van der Waals surface area contributed by atoms with Crippen molar-refractivity contribution in [2.45, 2.75) is 115 Å². The molecule has 4 N–H and O–H groups in total. The molecule has 156 valence electrons. The normalized spacial score (nSPS) is 12.1. The van der Waals surface area contributed by atoms with E-state index >= 15 is 0 Å². The van der Waals surface area contributed by atoms with E-state index in [0.717, 1.165) is 6.42 Å². The molecule has 0 aliphatic carbocycles. The largest absolute Gasteiger partial charge is 0.337 e. The minimum Gasteiger partial charge on any atom is -0.337 e. The van der Waals surface area contributed by atoms with Gasteiger partial charge in [0.15, 0.2) is 0 Å². The minimum atomic E-state index is -0.278. The number of urea groups is 1. The molecular weight excluding hydrogens is 342 g/mol. The van der Waals surface area contributed by atoms with E-state index in [2.05, 4.69) is 36.4 Å². The maximum Gasteiger partial charge on any atom is 0.328 e. The monoisotopic (exact) mass is 387 g/mol. The van der Waals surface area contributed by atoms with Crippen LogP contribution in [0.4, 0.5) is 4.79 Å². The Labute approximate surface area is 167 Å². The van der Waals surface area contributed by atoms with Gasteiger partial charge in [0.25, 0.3) is 0 Å². The lowest BCUT2D eigenvalue weighted by Gasteiger charge is -2.17. The first-order valence-electron chi connectivity index (χ1n) is 11.1. The summed E-state index contributed by atoms with van der Waals surface area (Å²) in [5, 5.41) is 3.49. The number of hydrazine groups is 1. The Balaban J connectivity index is 3.78. The van der Waals surface area contributed by atoms with Crippen LogP contribution in [0.5, 0.6) is 0 Å². The zero-order valence-corrected chi connectivity index (χ0v) is 18.3. The van der Waals surface area contributed by atoms with Gasteiger partial charge in [-0.05, 0) is 25.0 Å². The number of nitrogens with one attached hydrogen (secondary N) is 2. The van der Waals surface area contributed by atoms with Crippen molar-refractivity contribution in [2.75, 3.05) is 12.3 Å².